The van der Waals surface area contributed by atoms with Gasteiger partial charge in [-0.1, -0.05) is 51.9 Å². The van der Waals surface area contributed by atoms with E-state index < -0.39 is 17.2 Å². The monoisotopic (exact) mass is 421 g/mol. The first kappa shape index (κ1) is 24.3. The molecule has 30 heavy (non-hydrogen) atoms. The number of phenolic OH excluding ortho intramolecular Hbond substituents is 3. The van der Waals surface area contributed by atoms with E-state index in [-0.39, 0.29) is 17.5 Å². The zero-order valence-corrected chi connectivity index (χ0v) is 18.4. The smallest absolute Gasteiger partial charge is 0.251 e. The second kappa shape index (κ2) is 12.6. The number of carbonyl (C=O) groups is 1. The molecule has 7 heteroatoms. The Morgan fingerprint density at radius 3 is 2.33 bits per heavy atom. The first-order valence-corrected chi connectivity index (χ1v) is 11.4. The molecule has 1 saturated carbocycles. The molecule has 1 aromatic carbocycles. The van der Waals surface area contributed by atoms with Crippen molar-refractivity contribution in [2.24, 2.45) is 5.92 Å². The highest BCUT2D eigenvalue weighted by Crippen LogP contribution is 2.35. The summed E-state index contributed by atoms with van der Waals surface area (Å²) in [6.07, 6.45) is 10.5. The highest BCUT2D eigenvalue weighted by molar-refractivity contribution is 5.95. The molecule has 0 aliphatic heterocycles. The fraction of sp³-hybridized carbons (Fsp3) is 0.696. The molecule has 6 N–H and O–H groups in total. The van der Waals surface area contributed by atoms with E-state index in [9.17, 15) is 20.1 Å². The number of amides is 1. The van der Waals surface area contributed by atoms with Crippen molar-refractivity contribution < 1.29 is 20.1 Å². The predicted molar refractivity (Wildman–Crippen MR) is 119 cm³/mol. The molecule has 1 amide bonds. The zero-order chi connectivity index (χ0) is 21.9. The normalized spacial score (nSPS) is 16.9. The first-order valence-electron chi connectivity index (χ1n) is 11.4. The number of carbonyl (C=O) groups excluding carboxylic acids is 1. The van der Waals surface area contributed by atoms with Crippen LogP contribution in [0.15, 0.2) is 12.1 Å². The Balaban J connectivity index is 2.05. The molecular formula is C23H39N3O4. The van der Waals surface area contributed by atoms with Gasteiger partial charge in [-0.05, 0) is 37.9 Å². The number of hydrogen-bond donors (Lipinski definition) is 6. The van der Waals surface area contributed by atoms with E-state index in [2.05, 4.69) is 22.9 Å². The number of aromatic hydroxyl groups is 3. The largest absolute Gasteiger partial charge is 0.504 e. The summed E-state index contributed by atoms with van der Waals surface area (Å²) in [5, 5.41) is 38.9. The number of hydrogen-bond acceptors (Lipinski definition) is 6. The average Bonchev–Trinajstić information content (AvgIpc) is 2.74. The molecule has 0 heterocycles. The molecular weight excluding hydrogens is 382 g/mol. The lowest BCUT2D eigenvalue weighted by molar-refractivity contribution is 0.0926. The van der Waals surface area contributed by atoms with E-state index in [0.717, 1.165) is 32.2 Å². The molecule has 0 saturated heterocycles. The van der Waals surface area contributed by atoms with Gasteiger partial charge in [0.1, 0.15) is 0 Å². The third-order valence-corrected chi connectivity index (χ3v) is 6.02. The number of likely N-dealkylation sites (N-methyl/N-ethyl adjacent to an activating group) is 1. The van der Waals surface area contributed by atoms with Crippen LogP contribution >= 0.6 is 0 Å². The third kappa shape index (κ3) is 7.69. The summed E-state index contributed by atoms with van der Waals surface area (Å²) in [6, 6.07) is 2.67. The molecule has 1 aromatic rings. The van der Waals surface area contributed by atoms with Crippen molar-refractivity contribution >= 4 is 5.91 Å². The Labute approximate surface area is 180 Å². The number of nitrogens with one attached hydrogen (secondary N) is 3. The van der Waals surface area contributed by atoms with E-state index in [1.165, 1.54) is 44.2 Å². The standard InChI is InChI=1S/C23H39N3O4/c1-3-4-10-18(14-24-2)25-15-19(11-16-8-6-5-7-9-16)26-23(30)17-12-20(27)22(29)21(28)13-17/h12-13,16,18-19,24-25,27-29H,3-11,14-15H2,1-2H3,(H,26,30)/t18-,19-/m1/s1. The van der Waals surface area contributed by atoms with Crippen LogP contribution in [0.2, 0.25) is 0 Å². The minimum Gasteiger partial charge on any atom is -0.504 e. The Morgan fingerprint density at radius 1 is 1.07 bits per heavy atom. The van der Waals surface area contributed by atoms with Crippen LogP contribution in [0, 0.1) is 5.92 Å². The first-order chi connectivity index (χ1) is 14.4. The molecule has 7 nitrogen and oxygen atoms in total. The van der Waals surface area contributed by atoms with Crippen LogP contribution in [0.3, 0.4) is 0 Å². The summed E-state index contributed by atoms with van der Waals surface area (Å²) in [6.45, 7) is 3.74. The van der Waals surface area contributed by atoms with Crippen LogP contribution in [0.4, 0.5) is 0 Å². The van der Waals surface area contributed by atoms with Gasteiger partial charge in [0, 0.05) is 30.7 Å². The average molecular weight is 422 g/mol. The minimum absolute atomic E-state index is 0.0420. The van der Waals surface area contributed by atoms with Crippen LogP contribution in [0.5, 0.6) is 17.2 Å². The summed E-state index contributed by atoms with van der Waals surface area (Å²) >= 11 is 0. The second-order valence-corrected chi connectivity index (χ2v) is 8.58. The molecule has 1 aliphatic rings. The SMILES string of the molecule is CCCC[C@H](CNC)NC[C@@H](CC1CCCCC1)NC(=O)c1cc(O)c(O)c(O)c1. The van der Waals surface area contributed by atoms with Gasteiger partial charge in [-0.2, -0.15) is 0 Å². The lowest BCUT2D eigenvalue weighted by atomic mass is 9.84. The van der Waals surface area contributed by atoms with Crippen LogP contribution in [-0.4, -0.2) is 53.4 Å². The molecule has 1 fully saturated rings. The van der Waals surface area contributed by atoms with Gasteiger partial charge < -0.3 is 31.3 Å². The highest BCUT2D eigenvalue weighted by atomic mass is 16.3. The van der Waals surface area contributed by atoms with Crippen molar-refractivity contribution in [2.45, 2.75) is 76.8 Å². The predicted octanol–water partition coefficient (Wildman–Crippen LogP) is 3.24. The molecule has 2 atom stereocenters. The summed E-state index contributed by atoms with van der Waals surface area (Å²) in [4.78, 5) is 12.8. The van der Waals surface area contributed by atoms with Gasteiger partial charge in [-0.3, -0.25) is 4.79 Å². The van der Waals surface area contributed by atoms with Crippen molar-refractivity contribution in [2.75, 3.05) is 20.1 Å². The molecule has 2 rings (SSSR count). The van der Waals surface area contributed by atoms with Crippen LogP contribution in [-0.2, 0) is 0 Å². The second-order valence-electron chi connectivity index (χ2n) is 8.58. The Kier molecular flexibility index (Phi) is 10.2. The van der Waals surface area contributed by atoms with E-state index in [0.29, 0.717) is 18.5 Å². The van der Waals surface area contributed by atoms with Crippen molar-refractivity contribution in [3.05, 3.63) is 17.7 Å². The van der Waals surface area contributed by atoms with Gasteiger partial charge in [0.2, 0.25) is 0 Å². The number of phenols is 3. The van der Waals surface area contributed by atoms with Gasteiger partial charge in [0.25, 0.3) is 5.91 Å². The minimum atomic E-state index is -0.613. The van der Waals surface area contributed by atoms with E-state index in [1.54, 1.807) is 0 Å². The maximum Gasteiger partial charge on any atom is 0.251 e. The number of unbranched alkanes of at least 4 members (excludes halogenated alkanes) is 1. The maximum absolute atomic E-state index is 12.8. The zero-order valence-electron chi connectivity index (χ0n) is 18.4. The van der Waals surface area contributed by atoms with Gasteiger partial charge >= 0.3 is 0 Å². The van der Waals surface area contributed by atoms with Crippen molar-refractivity contribution in [3.63, 3.8) is 0 Å². The van der Waals surface area contributed by atoms with E-state index in [4.69, 9.17) is 0 Å². The lowest BCUT2D eigenvalue weighted by Gasteiger charge is -2.29. The molecule has 1 aliphatic carbocycles. The van der Waals surface area contributed by atoms with Crippen LogP contribution in [0.1, 0.15) is 75.1 Å². The summed E-state index contributed by atoms with van der Waals surface area (Å²) in [7, 11) is 1.95. The Bertz CT molecular complexity index is 639. The number of rotatable bonds is 12. The van der Waals surface area contributed by atoms with Gasteiger partial charge in [-0.15, -0.1) is 0 Å². The maximum atomic E-state index is 12.8. The molecule has 0 spiro atoms. The van der Waals surface area contributed by atoms with Gasteiger partial charge in [0.15, 0.2) is 17.2 Å². The molecule has 0 unspecified atom stereocenters. The topological polar surface area (TPSA) is 114 Å². The molecule has 170 valence electrons. The fourth-order valence-corrected chi connectivity index (χ4v) is 4.30. The quantitative estimate of drug-likeness (QED) is 0.289. The number of benzene rings is 1. The summed E-state index contributed by atoms with van der Waals surface area (Å²) in [5.74, 6) is -1.38. The molecule has 0 radical (unpaired) electrons. The van der Waals surface area contributed by atoms with Gasteiger partial charge in [-0.25, -0.2) is 0 Å². The van der Waals surface area contributed by atoms with Crippen molar-refractivity contribution in [3.8, 4) is 17.2 Å². The van der Waals surface area contributed by atoms with Gasteiger partial charge in [0.05, 0.1) is 0 Å². The van der Waals surface area contributed by atoms with Crippen LogP contribution < -0.4 is 16.0 Å². The van der Waals surface area contributed by atoms with E-state index in [1.807, 2.05) is 7.05 Å². The fourth-order valence-electron chi connectivity index (χ4n) is 4.30. The summed E-state index contributed by atoms with van der Waals surface area (Å²) < 4.78 is 0. The van der Waals surface area contributed by atoms with Crippen molar-refractivity contribution in [1.82, 2.24) is 16.0 Å². The van der Waals surface area contributed by atoms with Crippen LogP contribution in [0.25, 0.3) is 0 Å². The Morgan fingerprint density at radius 2 is 1.73 bits per heavy atom. The van der Waals surface area contributed by atoms with E-state index >= 15 is 0 Å². The third-order valence-electron chi connectivity index (χ3n) is 6.02. The molecule has 0 aromatic heterocycles. The highest BCUT2D eigenvalue weighted by Gasteiger charge is 2.23. The van der Waals surface area contributed by atoms with Crippen molar-refractivity contribution in [1.29, 1.82) is 0 Å². The summed E-state index contributed by atoms with van der Waals surface area (Å²) in [5.41, 5.74) is 0.134. The molecule has 0 bridgehead atoms. The lowest BCUT2D eigenvalue weighted by Crippen LogP contribution is -2.48. The Hall–Kier alpha value is -1.99.